The fourth-order valence-electron chi connectivity index (χ4n) is 7.52. The first-order chi connectivity index (χ1) is 31.1. The molecule has 0 aliphatic rings. The summed E-state index contributed by atoms with van der Waals surface area (Å²) in [6.45, 7) is 4.05. The molecule has 2 atom stereocenters. The van der Waals surface area contributed by atoms with E-state index in [0.29, 0.717) is 22.1 Å². The zero-order valence-electron chi connectivity index (χ0n) is 34.2. The Kier molecular flexibility index (Phi) is 10.5. The summed E-state index contributed by atoms with van der Waals surface area (Å²) in [7, 11) is 0. The van der Waals surface area contributed by atoms with Crippen LogP contribution in [0.4, 0.5) is 11.4 Å². The summed E-state index contributed by atoms with van der Waals surface area (Å²) in [6.07, 6.45) is -1.12. The highest BCUT2D eigenvalue weighted by molar-refractivity contribution is 7.71. The van der Waals surface area contributed by atoms with Gasteiger partial charge in [-0.3, -0.25) is 0 Å². The molecule has 0 bridgehead atoms. The first-order valence-corrected chi connectivity index (χ1v) is 21.1. The Labute approximate surface area is 374 Å². The molecule has 10 aromatic rings. The van der Waals surface area contributed by atoms with Gasteiger partial charge in [0.2, 0.25) is 5.89 Å². The van der Waals surface area contributed by atoms with Crippen LogP contribution >= 0.6 is 24.4 Å². The summed E-state index contributed by atoms with van der Waals surface area (Å²) in [5.41, 5.74) is 8.05. The van der Waals surface area contributed by atoms with Crippen molar-refractivity contribution in [3.63, 3.8) is 0 Å². The van der Waals surface area contributed by atoms with Crippen molar-refractivity contribution in [1.82, 2.24) is 19.6 Å². The smallest absolute Gasteiger partial charge is 0.349 e. The van der Waals surface area contributed by atoms with Crippen molar-refractivity contribution in [1.29, 1.82) is 0 Å². The van der Waals surface area contributed by atoms with Crippen molar-refractivity contribution < 1.29 is 17.7 Å². The van der Waals surface area contributed by atoms with Crippen LogP contribution in [0.1, 0.15) is 34.6 Å². The molecule has 0 saturated carbocycles. The van der Waals surface area contributed by atoms with Crippen LogP contribution in [0.5, 0.6) is 0 Å². The number of aromatic nitrogens is 4. The van der Waals surface area contributed by atoms with Gasteiger partial charge in [0, 0.05) is 28.2 Å². The molecular weight excluding hydrogens is 845 g/mol. The fourth-order valence-corrected chi connectivity index (χ4v) is 7.97. The maximum Gasteiger partial charge on any atom is 0.349 e. The topological polar surface area (TPSA) is 146 Å². The molecule has 2 N–H and O–H groups in total. The lowest BCUT2D eigenvalue weighted by Crippen LogP contribution is -2.21. The van der Waals surface area contributed by atoms with Crippen LogP contribution in [0, 0.1) is 23.5 Å². The minimum Gasteiger partial charge on any atom is -0.423 e. The highest BCUT2D eigenvalue weighted by Crippen LogP contribution is 2.32. The molecule has 4 aromatic heterocycles. The molecule has 0 radical (unpaired) electrons. The number of hydrogen-bond donors (Lipinski definition) is 2. The van der Waals surface area contributed by atoms with Gasteiger partial charge in [0.15, 0.2) is 12.3 Å². The minimum atomic E-state index is -0.573. The second-order valence-corrected chi connectivity index (χ2v) is 16.0. The van der Waals surface area contributed by atoms with Crippen LogP contribution in [0.15, 0.2) is 185 Å². The fraction of sp³-hybridized carbons (Fsp3) is 0.0800. The van der Waals surface area contributed by atoms with Gasteiger partial charge in [0.05, 0.1) is 5.56 Å². The van der Waals surface area contributed by atoms with Crippen LogP contribution in [0.25, 0.3) is 56.0 Å². The van der Waals surface area contributed by atoms with E-state index in [-0.39, 0.29) is 27.0 Å². The maximum atomic E-state index is 13.0. The van der Waals surface area contributed by atoms with Gasteiger partial charge in [-0.25, -0.2) is 9.59 Å². The lowest BCUT2D eigenvalue weighted by atomic mass is 10.0. The Morgan fingerprint density at radius 2 is 1.00 bits per heavy atom. The van der Waals surface area contributed by atoms with E-state index in [1.54, 1.807) is 39.7 Å². The Bertz CT molecular complexity index is 3570. The van der Waals surface area contributed by atoms with Gasteiger partial charge >= 0.3 is 11.3 Å². The zero-order chi connectivity index (χ0) is 43.9. The van der Waals surface area contributed by atoms with Gasteiger partial charge in [-0.15, -0.1) is 10.2 Å². The third-order valence-corrected chi connectivity index (χ3v) is 11.4. The van der Waals surface area contributed by atoms with Crippen LogP contribution in [-0.4, -0.2) is 19.6 Å². The molecule has 0 saturated heterocycles. The van der Waals surface area contributed by atoms with E-state index in [0.717, 1.165) is 50.1 Å². The predicted molar refractivity (Wildman–Crippen MR) is 251 cm³/mol. The van der Waals surface area contributed by atoms with Gasteiger partial charge in [0.25, 0.3) is 15.6 Å². The number of nitrogens with one attached hydrogen (secondary N) is 2. The molecule has 0 amide bonds. The molecular formula is C50H36N6O6S2. The van der Waals surface area contributed by atoms with Gasteiger partial charge in [0.1, 0.15) is 16.7 Å². The molecule has 2 unspecified atom stereocenters. The van der Waals surface area contributed by atoms with Crippen molar-refractivity contribution in [2.45, 2.75) is 26.2 Å². The number of nitrogens with zero attached hydrogens (tertiary/aromatic N) is 4. The largest absolute Gasteiger partial charge is 0.423 e. The summed E-state index contributed by atoms with van der Waals surface area (Å²) in [4.78, 5) is 25.7. The lowest BCUT2D eigenvalue weighted by Gasteiger charge is -2.21. The van der Waals surface area contributed by atoms with E-state index in [4.69, 9.17) is 52.3 Å². The first kappa shape index (κ1) is 40.2. The molecule has 4 heterocycles. The maximum absolute atomic E-state index is 13.0. The predicted octanol–water partition coefficient (Wildman–Crippen LogP) is 11.9. The van der Waals surface area contributed by atoms with Gasteiger partial charge in [-0.1, -0.05) is 120 Å². The Hall–Kier alpha value is -7.94. The summed E-state index contributed by atoms with van der Waals surface area (Å²) in [6, 6.07) is 49.8. The van der Waals surface area contributed by atoms with Crippen LogP contribution in [-0.2, 0) is 0 Å². The van der Waals surface area contributed by atoms with Gasteiger partial charge in [-0.2, -0.15) is 9.36 Å². The number of para-hydroxylation sites is 2. The number of rotatable bonds is 11. The van der Waals surface area contributed by atoms with Gasteiger partial charge in [-0.05, 0) is 103 Å². The van der Waals surface area contributed by atoms with E-state index in [9.17, 15) is 9.59 Å². The Morgan fingerprint density at radius 3 is 1.55 bits per heavy atom. The first-order valence-electron chi connectivity index (χ1n) is 20.3. The molecule has 0 aliphatic carbocycles. The molecule has 6 aromatic carbocycles. The lowest BCUT2D eigenvalue weighted by molar-refractivity contribution is 0.494. The summed E-state index contributed by atoms with van der Waals surface area (Å²) in [5, 5.41) is 18.1. The standard InChI is InChI=1S/C50H36N6O6S2/c1-29-11-15-33(16-12-29)44(55-49(63)61-46(53-55)39-28-43(57)59-42-10-6-4-8-38(39)42)51-36-23-19-31(20-24-36)32-21-25-37(26-22-32)52-45(34-17-13-30(2)14-18-34)56-50(64)62-47(54-56)40-27-35-7-3-5-9-41(35)60-48(40)58/h3-28,44-45,51-52H,1-2H3. The van der Waals surface area contributed by atoms with Crippen LogP contribution in [0.3, 0.4) is 0 Å². The van der Waals surface area contributed by atoms with Crippen LogP contribution in [0.2, 0.25) is 0 Å². The minimum absolute atomic E-state index is 0.0623. The molecule has 0 spiro atoms. The third kappa shape index (κ3) is 7.98. The number of benzene rings is 6. The SMILES string of the molecule is Cc1ccc(C(Nc2ccc(-c3ccc(NC(c4ccc(C)cc4)n4nc(-c5cc(=O)oc6ccccc56)oc4=S)cc3)cc2)n2nc(-c3cc4ccccc4oc3=O)oc2=S)cc1. The van der Waals surface area contributed by atoms with Crippen molar-refractivity contribution >= 4 is 57.7 Å². The van der Waals surface area contributed by atoms with E-state index in [1.165, 1.54) is 6.07 Å². The Morgan fingerprint density at radius 1 is 0.516 bits per heavy atom. The average molecular weight is 881 g/mol. The average Bonchev–Trinajstić information content (AvgIpc) is 3.89. The molecule has 12 nitrogen and oxygen atoms in total. The van der Waals surface area contributed by atoms with E-state index in [1.807, 2.05) is 135 Å². The van der Waals surface area contributed by atoms with Gasteiger partial charge < -0.3 is 28.3 Å². The van der Waals surface area contributed by atoms with Crippen molar-refractivity contribution in [2.24, 2.45) is 0 Å². The zero-order valence-corrected chi connectivity index (χ0v) is 35.9. The Balaban J connectivity index is 0.915. The molecule has 14 heteroatoms. The number of hydrogen-bond acceptors (Lipinski definition) is 12. The summed E-state index contributed by atoms with van der Waals surface area (Å²) < 4.78 is 26.1. The van der Waals surface area contributed by atoms with Crippen molar-refractivity contribution in [3.05, 3.63) is 210 Å². The third-order valence-electron chi connectivity index (χ3n) is 10.9. The highest BCUT2D eigenvalue weighted by atomic mass is 32.1. The van der Waals surface area contributed by atoms with Crippen molar-refractivity contribution in [2.75, 3.05) is 10.6 Å². The number of aryl methyl sites for hydroxylation is 2. The molecule has 0 aliphatic heterocycles. The van der Waals surface area contributed by atoms with Crippen molar-refractivity contribution in [3.8, 4) is 34.0 Å². The van der Waals surface area contributed by atoms with E-state index in [2.05, 4.69) is 10.6 Å². The molecule has 0 fully saturated rings. The summed E-state index contributed by atoms with van der Waals surface area (Å²) >= 11 is 11.4. The normalized spacial score (nSPS) is 12.3. The number of fused-ring (bicyclic) bond motifs is 2. The molecule has 314 valence electrons. The second kappa shape index (κ2) is 16.7. The number of anilines is 2. The van der Waals surface area contributed by atoms with Crippen LogP contribution < -0.4 is 21.9 Å². The quantitative estimate of drug-likeness (QED) is 0.0941. The monoisotopic (exact) mass is 880 g/mol. The highest BCUT2D eigenvalue weighted by Gasteiger charge is 2.23. The molecule has 64 heavy (non-hydrogen) atoms. The van der Waals surface area contributed by atoms with E-state index >= 15 is 0 Å². The molecule has 10 rings (SSSR count). The van der Waals surface area contributed by atoms with E-state index < -0.39 is 23.6 Å². The summed E-state index contributed by atoms with van der Waals surface area (Å²) in [5.74, 6) is 0.267. The second-order valence-electron chi connectivity index (χ2n) is 15.3.